The summed E-state index contributed by atoms with van der Waals surface area (Å²) in [5.41, 5.74) is 3.15. The number of aromatic nitrogens is 1. The lowest BCUT2D eigenvalue weighted by molar-refractivity contribution is -0.123. The highest BCUT2D eigenvalue weighted by Gasteiger charge is 2.28. The third-order valence-corrected chi connectivity index (χ3v) is 5.08. The van der Waals surface area contributed by atoms with Crippen LogP contribution in [0.2, 0.25) is 0 Å². The third-order valence-electron chi connectivity index (χ3n) is 5.08. The van der Waals surface area contributed by atoms with Crippen LogP contribution in [0.1, 0.15) is 24.8 Å². The average molecular weight is 370 g/mol. The van der Waals surface area contributed by atoms with Gasteiger partial charge in [-0.1, -0.05) is 0 Å². The zero-order valence-corrected chi connectivity index (χ0v) is 14.6. The molecule has 0 spiro atoms. The topological polar surface area (TPSA) is 65.1 Å². The van der Waals surface area contributed by atoms with Gasteiger partial charge in [-0.2, -0.15) is 0 Å². The Hall–Kier alpha value is -2.73. The fraction of sp³-hybridized carbons (Fsp3) is 0.286. The number of carbonyl (C=O) groups is 1. The molecule has 140 valence electrons. The monoisotopic (exact) mass is 370 g/mol. The first-order valence-corrected chi connectivity index (χ1v) is 9.03. The van der Waals surface area contributed by atoms with Crippen molar-refractivity contribution in [2.24, 2.45) is 0 Å². The standard InChI is InChI=1S/C21H20F2N2O2/c22-13-3-1-12(2-4-13)21-17(18-9-14(23)5-7-19(18)25-21)6-8-20(27)24-15-10-16(26)11-15/h1-5,7,9,15-16,25-26H,6,8,10-11H2,(H,24,27)/t15-,16+. The van der Waals surface area contributed by atoms with Crippen molar-refractivity contribution in [3.8, 4) is 11.3 Å². The van der Waals surface area contributed by atoms with Gasteiger partial charge in [-0.25, -0.2) is 8.78 Å². The smallest absolute Gasteiger partial charge is 0.220 e. The molecule has 2 aromatic carbocycles. The number of aromatic amines is 1. The molecule has 3 N–H and O–H groups in total. The van der Waals surface area contributed by atoms with E-state index in [1.54, 1.807) is 18.2 Å². The molecule has 1 aromatic heterocycles. The first-order valence-electron chi connectivity index (χ1n) is 9.03. The zero-order valence-electron chi connectivity index (χ0n) is 14.6. The molecule has 6 heteroatoms. The van der Waals surface area contributed by atoms with Crippen molar-refractivity contribution in [1.82, 2.24) is 10.3 Å². The highest BCUT2D eigenvalue weighted by Crippen LogP contribution is 2.32. The molecule has 1 saturated carbocycles. The number of fused-ring (bicyclic) bond motifs is 1. The van der Waals surface area contributed by atoms with Crippen LogP contribution in [-0.2, 0) is 11.2 Å². The summed E-state index contributed by atoms with van der Waals surface area (Å²) in [5, 5.41) is 12.9. The summed E-state index contributed by atoms with van der Waals surface area (Å²) >= 11 is 0. The fourth-order valence-corrected chi connectivity index (χ4v) is 3.59. The van der Waals surface area contributed by atoms with E-state index < -0.39 is 0 Å². The lowest BCUT2D eigenvalue weighted by Gasteiger charge is -2.31. The maximum absolute atomic E-state index is 13.8. The van der Waals surface area contributed by atoms with Crippen molar-refractivity contribution in [3.63, 3.8) is 0 Å². The van der Waals surface area contributed by atoms with Crippen molar-refractivity contribution in [1.29, 1.82) is 0 Å². The number of hydrogen-bond donors (Lipinski definition) is 3. The van der Waals surface area contributed by atoms with Crippen molar-refractivity contribution in [2.45, 2.75) is 37.8 Å². The Morgan fingerprint density at radius 3 is 2.52 bits per heavy atom. The van der Waals surface area contributed by atoms with Gasteiger partial charge in [-0.05, 0) is 72.9 Å². The minimum Gasteiger partial charge on any atom is -0.393 e. The molecule has 0 bridgehead atoms. The predicted octanol–water partition coefficient (Wildman–Crippen LogP) is 3.69. The first-order chi connectivity index (χ1) is 13.0. The minimum atomic E-state index is -0.346. The Morgan fingerprint density at radius 2 is 1.81 bits per heavy atom. The van der Waals surface area contributed by atoms with Crippen LogP contribution in [0.3, 0.4) is 0 Å². The zero-order chi connectivity index (χ0) is 19.0. The van der Waals surface area contributed by atoms with Crippen LogP contribution in [0.5, 0.6) is 0 Å². The number of carbonyl (C=O) groups excluding carboxylic acids is 1. The first kappa shape index (κ1) is 17.7. The summed E-state index contributed by atoms with van der Waals surface area (Å²) in [5.74, 6) is -0.770. The second kappa shape index (κ2) is 7.12. The Labute approximate surface area is 155 Å². The van der Waals surface area contributed by atoms with Gasteiger partial charge in [-0.15, -0.1) is 0 Å². The minimum absolute atomic E-state index is 0.0319. The van der Waals surface area contributed by atoms with Gasteiger partial charge >= 0.3 is 0 Å². The summed E-state index contributed by atoms with van der Waals surface area (Å²) in [6.07, 6.45) is 1.54. The van der Waals surface area contributed by atoms with Gasteiger partial charge < -0.3 is 15.4 Å². The maximum Gasteiger partial charge on any atom is 0.220 e. The molecule has 4 nitrogen and oxygen atoms in total. The van der Waals surface area contributed by atoms with Gasteiger partial charge in [0.1, 0.15) is 11.6 Å². The van der Waals surface area contributed by atoms with Gasteiger partial charge in [0.15, 0.2) is 0 Å². The van der Waals surface area contributed by atoms with Crippen LogP contribution < -0.4 is 5.32 Å². The number of aliphatic hydroxyl groups is 1. The number of rotatable bonds is 5. The van der Waals surface area contributed by atoms with E-state index in [2.05, 4.69) is 10.3 Å². The van der Waals surface area contributed by atoms with Crippen LogP contribution in [0.15, 0.2) is 42.5 Å². The van der Waals surface area contributed by atoms with Gasteiger partial charge in [0.2, 0.25) is 5.91 Å². The molecule has 0 aliphatic heterocycles. The number of amides is 1. The molecule has 0 atom stereocenters. The van der Waals surface area contributed by atoms with Crippen LogP contribution in [0, 0.1) is 11.6 Å². The second-order valence-electron chi connectivity index (χ2n) is 7.07. The number of aliphatic hydroxyl groups excluding tert-OH is 1. The SMILES string of the molecule is O=C(CCc1c(-c2ccc(F)cc2)[nH]c2ccc(F)cc12)N[C@H]1C[C@@H](O)C1. The quantitative estimate of drug-likeness (QED) is 0.641. The Kier molecular flexibility index (Phi) is 4.66. The molecule has 1 amide bonds. The Balaban J connectivity index is 1.61. The van der Waals surface area contributed by atoms with E-state index in [-0.39, 0.29) is 36.1 Å². The number of hydrogen-bond acceptors (Lipinski definition) is 2. The van der Waals surface area contributed by atoms with E-state index in [1.807, 2.05) is 0 Å². The molecule has 1 heterocycles. The molecule has 3 aromatic rings. The Bertz CT molecular complexity index is 976. The van der Waals surface area contributed by atoms with E-state index in [0.717, 1.165) is 27.7 Å². The van der Waals surface area contributed by atoms with Gasteiger partial charge in [0, 0.05) is 29.1 Å². The highest BCUT2D eigenvalue weighted by atomic mass is 19.1. The maximum atomic E-state index is 13.8. The number of aryl methyl sites for hydroxylation is 1. The summed E-state index contributed by atoms with van der Waals surface area (Å²) in [4.78, 5) is 15.5. The van der Waals surface area contributed by atoms with Crippen molar-refractivity contribution >= 4 is 16.8 Å². The molecule has 1 aliphatic carbocycles. The average Bonchev–Trinajstić information content (AvgIpc) is 2.97. The summed E-state index contributed by atoms with van der Waals surface area (Å²) < 4.78 is 27.0. The number of H-pyrrole nitrogens is 1. The van der Waals surface area contributed by atoms with Crippen LogP contribution in [0.4, 0.5) is 8.78 Å². The molecule has 0 radical (unpaired) electrons. The van der Waals surface area contributed by atoms with E-state index in [1.165, 1.54) is 24.3 Å². The highest BCUT2D eigenvalue weighted by molar-refractivity contribution is 5.91. The molecular formula is C21H20F2N2O2. The molecular weight excluding hydrogens is 350 g/mol. The number of halogens is 2. The number of nitrogens with one attached hydrogen (secondary N) is 2. The van der Waals surface area contributed by atoms with Gasteiger partial charge in [0.25, 0.3) is 0 Å². The molecule has 0 saturated heterocycles. The van der Waals surface area contributed by atoms with Crippen molar-refractivity contribution in [3.05, 3.63) is 59.7 Å². The van der Waals surface area contributed by atoms with Crippen LogP contribution >= 0.6 is 0 Å². The molecule has 4 rings (SSSR count). The van der Waals surface area contributed by atoms with Crippen LogP contribution in [0.25, 0.3) is 22.2 Å². The van der Waals surface area contributed by atoms with Crippen LogP contribution in [-0.4, -0.2) is 28.1 Å². The Morgan fingerprint density at radius 1 is 1.11 bits per heavy atom. The van der Waals surface area contributed by atoms with Crippen molar-refractivity contribution < 1.29 is 18.7 Å². The summed E-state index contributed by atoms with van der Waals surface area (Å²) in [6.45, 7) is 0. The van der Waals surface area contributed by atoms with E-state index in [0.29, 0.717) is 19.3 Å². The lowest BCUT2D eigenvalue weighted by atomic mass is 9.89. The summed E-state index contributed by atoms with van der Waals surface area (Å²) in [7, 11) is 0. The fourth-order valence-electron chi connectivity index (χ4n) is 3.59. The van der Waals surface area contributed by atoms with E-state index >= 15 is 0 Å². The van der Waals surface area contributed by atoms with Crippen molar-refractivity contribution in [2.75, 3.05) is 0 Å². The molecule has 27 heavy (non-hydrogen) atoms. The molecule has 1 fully saturated rings. The third kappa shape index (κ3) is 3.71. The summed E-state index contributed by atoms with van der Waals surface area (Å²) in [6, 6.07) is 10.6. The second-order valence-corrected chi connectivity index (χ2v) is 7.07. The molecule has 1 aliphatic rings. The van der Waals surface area contributed by atoms with Gasteiger partial charge in [0.05, 0.1) is 6.10 Å². The molecule has 0 unspecified atom stereocenters. The predicted molar refractivity (Wildman–Crippen MR) is 99.1 cm³/mol. The van der Waals surface area contributed by atoms with Gasteiger partial charge in [-0.3, -0.25) is 4.79 Å². The lowest BCUT2D eigenvalue weighted by Crippen LogP contribution is -2.46. The van der Waals surface area contributed by atoms with E-state index in [9.17, 15) is 18.7 Å². The number of benzene rings is 2. The largest absolute Gasteiger partial charge is 0.393 e. The van der Waals surface area contributed by atoms with E-state index in [4.69, 9.17) is 0 Å². The normalized spacial score (nSPS) is 19.1.